The van der Waals surface area contributed by atoms with Crippen molar-refractivity contribution in [3.8, 4) is 0 Å². The molecule has 3 heteroatoms. The highest BCUT2D eigenvalue weighted by atomic mass is 16.1. The Balaban J connectivity index is 2.16. The molecule has 0 aliphatic heterocycles. The van der Waals surface area contributed by atoms with E-state index in [-0.39, 0.29) is 11.9 Å². The third-order valence-corrected chi connectivity index (χ3v) is 3.53. The van der Waals surface area contributed by atoms with Crippen molar-refractivity contribution < 1.29 is 4.79 Å². The second-order valence-electron chi connectivity index (χ2n) is 5.03. The smallest absolute Gasteiger partial charge is 0.220 e. The SMILES string of the molecule is CCC(N)CNC(=O)CC1CCCCCC1. The number of amides is 1. The van der Waals surface area contributed by atoms with Crippen LogP contribution in [0.5, 0.6) is 0 Å². The second-order valence-corrected chi connectivity index (χ2v) is 5.03. The van der Waals surface area contributed by atoms with Gasteiger partial charge < -0.3 is 11.1 Å². The van der Waals surface area contributed by atoms with Gasteiger partial charge in [-0.15, -0.1) is 0 Å². The zero-order chi connectivity index (χ0) is 11.8. The molecule has 1 rings (SSSR count). The minimum absolute atomic E-state index is 0.109. The molecule has 0 heterocycles. The summed E-state index contributed by atoms with van der Waals surface area (Å²) in [6.45, 7) is 2.67. The minimum Gasteiger partial charge on any atom is -0.355 e. The predicted molar refractivity (Wildman–Crippen MR) is 67.1 cm³/mol. The van der Waals surface area contributed by atoms with Gasteiger partial charge in [0.05, 0.1) is 0 Å². The molecule has 0 aromatic carbocycles. The van der Waals surface area contributed by atoms with Crippen LogP contribution in [0.25, 0.3) is 0 Å². The molecule has 1 amide bonds. The molecule has 0 radical (unpaired) electrons. The quantitative estimate of drug-likeness (QED) is 0.706. The maximum Gasteiger partial charge on any atom is 0.220 e. The van der Waals surface area contributed by atoms with Gasteiger partial charge in [-0.2, -0.15) is 0 Å². The Labute approximate surface area is 99.2 Å². The lowest BCUT2D eigenvalue weighted by Crippen LogP contribution is -2.37. The van der Waals surface area contributed by atoms with E-state index < -0.39 is 0 Å². The summed E-state index contributed by atoms with van der Waals surface area (Å²) in [7, 11) is 0. The van der Waals surface area contributed by atoms with Gasteiger partial charge in [0.15, 0.2) is 0 Å². The Hall–Kier alpha value is -0.570. The molecule has 0 saturated heterocycles. The van der Waals surface area contributed by atoms with Crippen LogP contribution in [0, 0.1) is 5.92 Å². The average Bonchev–Trinajstić information content (AvgIpc) is 2.54. The van der Waals surface area contributed by atoms with Crippen molar-refractivity contribution in [3.63, 3.8) is 0 Å². The van der Waals surface area contributed by atoms with E-state index in [9.17, 15) is 4.79 Å². The molecule has 0 spiro atoms. The number of carbonyl (C=O) groups is 1. The first-order valence-electron chi connectivity index (χ1n) is 6.74. The van der Waals surface area contributed by atoms with Crippen molar-refractivity contribution in [2.75, 3.05) is 6.54 Å². The lowest BCUT2D eigenvalue weighted by molar-refractivity contribution is -0.122. The Morgan fingerprint density at radius 1 is 1.31 bits per heavy atom. The number of rotatable bonds is 5. The average molecular weight is 226 g/mol. The Morgan fingerprint density at radius 3 is 2.50 bits per heavy atom. The van der Waals surface area contributed by atoms with Crippen LogP contribution in [0.4, 0.5) is 0 Å². The van der Waals surface area contributed by atoms with Gasteiger partial charge >= 0.3 is 0 Å². The minimum atomic E-state index is 0.109. The topological polar surface area (TPSA) is 55.1 Å². The van der Waals surface area contributed by atoms with Gasteiger partial charge in [-0.05, 0) is 25.2 Å². The summed E-state index contributed by atoms with van der Waals surface area (Å²) < 4.78 is 0. The first kappa shape index (κ1) is 13.5. The molecule has 3 nitrogen and oxygen atoms in total. The van der Waals surface area contributed by atoms with Gasteiger partial charge in [0, 0.05) is 19.0 Å². The molecule has 0 bridgehead atoms. The molecule has 1 aliphatic carbocycles. The first-order valence-corrected chi connectivity index (χ1v) is 6.74. The predicted octanol–water partition coefficient (Wildman–Crippen LogP) is 2.20. The number of hydrogen-bond acceptors (Lipinski definition) is 2. The molecule has 16 heavy (non-hydrogen) atoms. The monoisotopic (exact) mass is 226 g/mol. The molecule has 1 aliphatic rings. The summed E-state index contributed by atoms with van der Waals surface area (Å²) in [6.07, 6.45) is 9.37. The van der Waals surface area contributed by atoms with Gasteiger partial charge in [-0.1, -0.05) is 32.6 Å². The van der Waals surface area contributed by atoms with E-state index >= 15 is 0 Å². The van der Waals surface area contributed by atoms with E-state index in [1.807, 2.05) is 6.92 Å². The zero-order valence-corrected chi connectivity index (χ0v) is 10.5. The zero-order valence-electron chi connectivity index (χ0n) is 10.5. The fourth-order valence-electron chi connectivity index (χ4n) is 2.29. The number of nitrogens with one attached hydrogen (secondary N) is 1. The Bertz CT molecular complexity index is 198. The first-order chi connectivity index (χ1) is 7.72. The number of hydrogen-bond donors (Lipinski definition) is 2. The Morgan fingerprint density at radius 2 is 1.94 bits per heavy atom. The van der Waals surface area contributed by atoms with Gasteiger partial charge in [0.2, 0.25) is 5.91 Å². The third kappa shape index (κ3) is 5.50. The lowest BCUT2D eigenvalue weighted by Gasteiger charge is -2.15. The van der Waals surface area contributed by atoms with E-state index in [0.29, 0.717) is 18.9 Å². The van der Waals surface area contributed by atoms with Crippen molar-refractivity contribution >= 4 is 5.91 Å². The molecular formula is C13H26N2O. The molecule has 3 N–H and O–H groups in total. The summed E-state index contributed by atoms with van der Waals surface area (Å²) in [4.78, 5) is 11.7. The molecule has 1 atom stereocenters. The van der Waals surface area contributed by atoms with Crippen molar-refractivity contribution in [2.24, 2.45) is 11.7 Å². The second kappa shape index (κ2) is 7.66. The fraction of sp³-hybridized carbons (Fsp3) is 0.923. The van der Waals surface area contributed by atoms with E-state index in [1.54, 1.807) is 0 Å². The van der Waals surface area contributed by atoms with Crippen molar-refractivity contribution in [1.29, 1.82) is 0 Å². The third-order valence-electron chi connectivity index (χ3n) is 3.53. The molecule has 1 unspecified atom stereocenters. The normalized spacial score (nSPS) is 20.1. The molecule has 0 aromatic heterocycles. The van der Waals surface area contributed by atoms with Gasteiger partial charge in [0.1, 0.15) is 0 Å². The summed E-state index contributed by atoms with van der Waals surface area (Å²) in [5.41, 5.74) is 5.76. The summed E-state index contributed by atoms with van der Waals surface area (Å²) in [5.74, 6) is 0.802. The lowest BCUT2D eigenvalue weighted by atomic mass is 9.96. The van der Waals surface area contributed by atoms with E-state index in [4.69, 9.17) is 5.73 Å². The van der Waals surface area contributed by atoms with Crippen LogP contribution in [-0.4, -0.2) is 18.5 Å². The van der Waals surface area contributed by atoms with Gasteiger partial charge in [0.25, 0.3) is 0 Å². The van der Waals surface area contributed by atoms with Crippen LogP contribution in [0.3, 0.4) is 0 Å². The molecule has 0 aromatic rings. The van der Waals surface area contributed by atoms with Crippen LogP contribution >= 0.6 is 0 Å². The van der Waals surface area contributed by atoms with Crippen LogP contribution in [-0.2, 0) is 4.79 Å². The maximum absolute atomic E-state index is 11.7. The number of carbonyl (C=O) groups excluding carboxylic acids is 1. The highest BCUT2D eigenvalue weighted by Gasteiger charge is 2.16. The van der Waals surface area contributed by atoms with Crippen molar-refractivity contribution in [3.05, 3.63) is 0 Å². The van der Waals surface area contributed by atoms with E-state index in [2.05, 4.69) is 5.32 Å². The van der Waals surface area contributed by atoms with E-state index in [0.717, 1.165) is 6.42 Å². The fourth-order valence-corrected chi connectivity index (χ4v) is 2.29. The van der Waals surface area contributed by atoms with Crippen LogP contribution in [0.2, 0.25) is 0 Å². The maximum atomic E-state index is 11.7. The van der Waals surface area contributed by atoms with Crippen molar-refractivity contribution in [2.45, 2.75) is 64.3 Å². The largest absolute Gasteiger partial charge is 0.355 e. The highest BCUT2D eigenvalue weighted by molar-refractivity contribution is 5.76. The molecular weight excluding hydrogens is 200 g/mol. The van der Waals surface area contributed by atoms with Gasteiger partial charge in [-0.3, -0.25) is 4.79 Å². The molecule has 94 valence electrons. The van der Waals surface area contributed by atoms with Crippen LogP contribution in [0.15, 0.2) is 0 Å². The summed E-state index contributed by atoms with van der Waals surface area (Å²) in [5, 5.41) is 2.94. The molecule has 1 fully saturated rings. The number of nitrogens with two attached hydrogens (primary N) is 1. The summed E-state index contributed by atoms with van der Waals surface area (Å²) in [6, 6.07) is 0.109. The highest BCUT2D eigenvalue weighted by Crippen LogP contribution is 2.25. The standard InChI is InChI=1S/C13H26N2O/c1-2-12(14)10-15-13(16)9-11-7-5-3-4-6-8-11/h11-12H,2-10,14H2,1H3,(H,15,16). The van der Waals surface area contributed by atoms with E-state index in [1.165, 1.54) is 38.5 Å². The van der Waals surface area contributed by atoms with Gasteiger partial charge in [-0.25, -0.2) is 0 Å². The molecule has 1 saturated carbocycles. The van der Waals surface area contributed by atoms with Crippen molar-refractivity contribution in [1.82, 2.24) is 5.32 Å². The summed E-state index contributed by atoms with van der Waals surface area (Å²) >= 11 is 0. The Kier molecular flexibility index (Phi) is 6.46. The van der Waals surface area contributed by atoms with Crippen LogP contribution in [0.1, 0.15) is 58.3 Å². The van der Waals surface area contributed by atoms with Crippen LogP contribution < -0.4 is 11.1 Å².